The van der Waals surface area contributed by atoms with Gasteiger partial charge in [-0.1, -0.05) is 6.92 Å². The Bertz CT molecular complexity index is 190. The van der Waals surface area contributed by atoms with Crippen LogP contribution < -0.4 is 11.3 Å². The molecule has 2 unspecified atom stereocenters. The molecular weight excluding hydrogens is 206 g/mol. The van der Waals surface area contributed by atoms with E-state index in [1.54, 1.807) is 0 Å². The Kier molecular flexibility index (Phi) is 6.23. The molecule has 5 nitrogen and oxygen atoms in total. The molecule has 0 amide bonds. The predicted molar refractivity (Wildman–Crippen MR) is 64.1 cm³/mol. The quantitative estimate of drug-likeness (QED) is 0.496. The van der Waals surface area contributed by atoms with Crippen molar-refractivity contribution >= 4 is 0 Å². The molecular formula is C11H25N3O2. The van der Waals surface area contributed by atoms with Crippen molar-refractivity contribution < 1.29 is 9.47 Å². The second kappa shape index (κ2) is 7.19. The average molecular weight is 231 g/mol. The summed E-state index contributed by atoms with van der Waals surface area (Å²) < 4.78 is 11.3. The van der Waals surface area contributed by atoms with Crippen LogP contribution in [0.4, 0.5) is 0 Å². The minimum absolute atomic E-state index is 0.0664. The van der Waals surface area contributed by atoms with Crippen LogP contribution in [0.3, 0.4) is 0 Å². The summed E-state index contributed by atoms with van der Waals surface area (Å²) in [4.78, 5) is 2.37. The van der Waals surface area contributed by atoms with Gasteiger partial charge >= 0.3 is 0 Å². The Balaban J connectivity index is 2.38. The summed E-state index contributed by atoms with van der Waals surface area (Å²) in [6.45, 7) is 10.6. The van der Waals surface area contributed by atoms with Crippen LogP contribution in [0.25, 0.3) is 0 Å². The molecule has 0 radical (unpaired) electrons. The van der Waals surface area contributed by atoms with Crippen molar-refractivity contribution in [2.24, 2.45) is 5.84 Å². The molecule has 0 aliphatic carbocycles. The number of nitrogens with two attached hydrogens (primary N) is 1. The van der Waals surface area contributed by atoms with Crippen molar-refractivity contribution in [1.29, 1.82) is 0 Å². The summed E-state index contributed by atoms with van der Waals surface area (Å²) in [6, 6.07) is 0.0664. The largest absolute Gasteiger partial charge is 0.377 e. The molecule has 3 N–H and O–H groups in total. The maximum atomic E-state index is 5.73. The Morgan fingerprint density at radius 3 is 2.88 bits per heavy atom. The van der Waals surface area contributed by atoms with Gasteiger partial charge in [0.15, 0.2) is 0 Å². The number of morpholine rings is 1. The van der Waals surface area contributed by atoms with E-state index in [0.717, 1.165) is 26.2 Å². The summed E-state index contributed by atoms with van der Waals surface area (Å²) in [5.41, 5.74) is 2.80. The van der Waals surface area contributed by atoms with E-state index in [9.17, 15) is 0 Å². The molecule has 16 heavy (non-hydrogen) atoms. The molecule has 0 aromatic carbocycles. The van der Waals surface area contributed by atoms with Crippen LogP contribution in [0.5, 0.6) is 0 Å². The molecule has 0 saturated carbocycles. The number of hydrogen-bond donors (Lipinski definition) is 2. The van der Waals surface area contributed by atoms with E-state index < -0.39 is 0 Å². The van der Waals surface area contributed by atoms with Crippen molar-refractivity contribution in [2.45, 2.75) is 39.0 Å². The number of hydrazine groups is 1. The molecule has 0 bridgehead atoms. The standard InChI is InChI=1S/C11H25N3O2/c1-4-14-5-6-15-11(7-14)10(13-12)8-16-9(2)3/h9-11,13H,4-8,12H2,1-3H3. The summed E-state index contributed by atoms with van der Waals surface area (Å²) in [5.74, 6) is 5.55. The number of nitrogens with zero attached hydrogens (tertiary/aromatic N) is 1. The Morgan fingerprint density at radius 2 is 2.31 bits per heavy atom. The summed E-state index contributed by atoms with van der Waals surface area (Å²) in [5, 5.41) is 0. The SMILES string of the molecule is CCN1CCOC(C(COC(C)C)NN)C1. The van der Waals surface area contributed by atoms with Crippen LogP contribution in [-0.2, 0) is 9.47 Å². The first-order valence-electron chi connectivity index (χ1n) is 6.09. The van der Waals surface area contributed by atoms with Gasteiger partial charge in [-0.25, -0.2) is 0 Å². The number of likely N-dealkylation sites (N-methyl/N-ethyl adjacent to an activating group) is 1. The molecule has 2 atom stereocenters. The van der Waals surface area contributed by atoms with Gasteiger partial charge in [0.25, 0.3) is 0 Å². The van der Waals surface area contributed by atoms with Gasteiger partial charge in [0.2, 0.25) is 0 Å². The van der Waals surface area contributed by atoms with E-state index in [4.69, 9.17) is 15.3 Å². The lowest BCUT2D eigenvalue weighted by Gasteiger charge is -2.36. The molecule has 5 heteroatoms. The summed E-state index contributed by atoms with van der Waals surface area (Å²) in [7, 11) is 0. The third kappa shape index (κ3) is 4.35. The number of rotatable bonds is 6. The molecule has 0 aromatic rings. The molecule has 1 aliphatic rings. The van der Waals surface area contributed by atoms with Gasteiger partial charge in [-0.15, -0.1) is 0 Å². The maximum absolute atomic E-state index is 5.73. The number of hydrogen-bond acceptors (Lipinski definition) is 5. The summed E-state index contributed by atoms with van der Waals surface area (Å²) in [6.07, 6.45) is 0.346. The molecule has 96 valence electrons. The zero-order chi connectivity index (χ0) is 12.0. The molecule has 0 spiro atoms. The molecule has 1 aliphatic heterocycles. The zero-order valence-electron chi connectivity index (χ0n) is 10.6. The third-order valence-corrected chi connectivity index (χ3v) is 2.90. The van der Waals surface area contributed by atoms with E-state index in [1.165, 1.54) is 0 Å². The van der Waals surface area contributed by atoms with Crippen LogP contribution >= 0.6 is 0 Å². The smallest absolute Gasteiger partial charge is 0.0891 e. The molecule has 1 heterocycles. The lowest BCUT2D eigenvalue weighted by atomic mass is 10.1. The van der Waals surface area contributed by atoms with Gasteiger partial charge in [0.05, 0.1) is 31.5 Å². The van der Waals surface area contributed by atoms with Gasteiger partial charge in [-0.2, -0.15) is 0 Å². The fourth-order valence-electron chi connectivity index (χ4n) is 1.82. The van der Waals surface area contributed by atoms with Crippen LogP contribution in [0.2, 0.25) is 0 Å². The van der Waals surface area contributed by atoms with E-state index in [-0.39, 0.29) is 18.2 Å². The molecule has 0 aromatic heterocycles. The molecule has 1 saturated heterocycles. The Labute approximate surface area is 98.2 Å². The summed E-state index contributed by atoms with van der Waals surface area (Å²) >= 11 is 0. The van der Waals surface area contributed by atoms with Gasteiger partial charge < -0.3 is 9.47 Å². The van der Waals surface area contributed by atoms with Gasteiger partial charge in [-0.05, 0) is 20.4 Å². The van der Waals surface area contributed by atoms with Crippen molar-refractivity contribution in [3.8, 4) is 0 Å². The van der Waals surface area contributed by atoms with E-state index in [1.807, 2.05) is 13.8 Å². The van der Waals surface area contributed by atoms with Crippen molar-refractivity contribution in [3.63, 3.8) is 0 Å². The molecule has 1 fully saturated rings. The molecule has 1 rings (SSSR count). The van der Waals surface area contributed by atoms with Gasteiger partial charge in [0.1, 0.15) is 0 Å². The Hall–Kier alpha value is -0.200. The normalized spacial score (nSPS) is 24.9. The van der Waals surface area contributed by atoms with Crippen LogP contribution in [0.1, 0.15) is 20.8 Å². The monoisotopic (exact) mass is 231 g/mol. The lowest BCUT2D eigenvalue weighted by molar-refractivity contribution is -0.0656. The Morgan fingerprint density at radius 1 is 1.56 bits per heavy atom. The van der Waals surface area contributed by atoms with Gasteiger partial charge in [0, 0.05) is 13.1 Å². The predicted octanol–water partition coefficient (Wildman–Crippen LogP) is -0.0360. The van der Waals surface area contributed by atoms with E-state index >= 15 is 0 Å². The van der Waals surface area contributed by atoms with Crippen LogP contribution in [-0.4, -0.2) is 56.0 Å². The zero-order valence-corrected chi connectivity index (χ0v) is 10.6. The second-order valence-corrected chi connectivity index (χ2v) is 4.46. The number of nitrogens with one attached hydrogen (secondary N) is 1. The topological polar surface area (TPSA) is 59.8 Å². The lowest BCUT2D eigenvalue weighted by Crippen LogP contribution is -2.55. The highest BCUT2D eigenvalue weighted by Gasteiger charge is 2.27. The first-order chi connectivity index (χ1) is 7.67. The van der Waals surface area contributed by atoms with E-state index in [0.29, 0.717) is 6.61 Å². The van der Waals surface area contributed by atoms with E-state index in [2.05, 4.69) is 17.2 Å². The van der Waals surface area contributed by atoms with Crippen molar-refractivity contribution in [2.75, 3.05) is 32.8 Å². The van der Waals surface area contributed by atoms with Crippen molar-refractivity contribution in [1.82, 2.24) is 10.3 Å². The minimum atomic E-state index is 0.0664. The van der Waals surface area contributed by atoms with Crippen LogP contribution in [0, 0.1) is 0 Å². The third-order valence-electron chi connectivity index (χ3n) is 2.90. The maximum Gasteiger partial charge on any atom is 0.0891 e. The second-order valence-electron chi connectivity index (χ2n) is 4.46. The first-order valence-corrected chi connectivity index (χ1v) is 6.09. The highest BCUT2D eigenvalue weighted by atomic mass is 16.5. The fraction of sp³-hybridized carbons (Fsp3) is 1.00. The van der Waals surface area contributed by atoms with Crippen LogP contribution in [0.15, 0.2) is 0 Å². The number of ether oxygens (including phenoxy) is 2. The average Bonchev–Trinajstić information content (AvgIpc) is 2.30. The first kappa shape index (κ1) is 13.9. The minimum Gasteiger partial charge on any atom is -0.377 e. The highest BCUT2D eigenvalue weighted by molar-refractivity contribution is 4.81. The highest BCUT2D eigenvalue weighted by Crippen LogP contribution is 2.09. The fourth-order valence-corrected chi connectivity index (χ4v) is 1.82. The van der Waals surface area contributed by atoms with Crippen molar-refractivity contribution in [3.05, 3.63) is 0 Å². The van der Waals surface area contributed by atoms with Gasteiger partial charge in [-0.3, -0.25) is 16.2 Å².